The van der Waals surface area contributed by atoms with Crippen LogP contribution in [0.5, 0.6) is 0 Å². The van der Waals surface area contributed by atoms with E-state index in [2.05, 4.69) is 15.3 Å². The van der Waals surface area contributed by atoms with E-state index in [1.165, 1.54) is 24.7 Å². The third-order valence-corrected chi connectivity index (χ3v) is 6.68. The van der Waals surface area contributed by atoms with Crippen molar-refractivity contribution < 1.29 is 18.3 Å². The SMILES string of the molecule is O=C(NC(c1ccc(Cl)c(F)c1)c1cnco1)N1CCc2cnc(CC3CCOCC3)nc2C1. The second-order valence-corrected chi connectivity index (χ2v) is 9.06. The average molecular weight is 486 g/mol. The summed E-state index contributed by atoms with van der Waals surface area (Å²) in [6.45, 7) is 2.48. The van der Waals surface area contributed by atoms with Gasteiger partial charge in [-0.2, -0.15) is 0 Å². The molecule has 0 bridgehead atoms. The van der Waals surface area contributed by atoms with Gasteiger partial charge in [0.25, 0.3) is 0 Å². The summed E-state index contributed by atoms with van der Waals surface area (Å²) in [5.74, 6) is 1.16. The van der Waals surface area contributed by atoms with Crippen LogP contribution in [0.4, 0.5) is 9.18 Å². The van der Waals surface area contributed by atoms with Gasteiger partial charge in [0.2, 0.25) is 0 Å². The van der Waals surface area contributed by atoms with Gasteiger partial charge in [-0.3, -0.25) is 0 Å². The third-order valence-electron chi connectivity index (χ3n) is 6.38. The Morgan fingerprint density at radius 1 is 1.29 bits per heavy atom. The number of hydrogen-bond donors (Lipinski definition) is 1. The van der Waals surface area contributed by atoms with E-state index in [1.807, 2.05) is 6.20 Å². The summed E-state index contributed by atoms with van der Waals surface area (Å²) in [5.41, 5.74) is 2.43. The zero-order valence-electron chi connectivity index (χ0n) is 18.5. The molecule has 5 rings (SSSR count). The minimum atomic E-state index is -0.711. The molecule has 2 amide bonds. The maximum absolute atomic E-state index is 14.1. The topological polar surface area (TPSA) is 93.4 Å². The number of aromatic nitrogens is 3. The third kappa shape index (κ3) is 5.05. The van der Waals surface area contributed by atoms with Gasteiger partial charge in [0.05, 0.1) is 23.5 Å². The van der Waals surface area contributed by atoms with E-state index in [4.69, 9.17) is 25.7 Å². The number of halogens is 2. The number of nitrogens with one attached hydrogen (secondary N) is 1. The lowest BCUT2D eigenvalue weighted by Gasteiger charge is -2.30. The number of carbonyl (C=O) groups is 1. The van der Waals surface area contributed by atoms with Crippen molar-refractivity contribution in [2.45, 2.75) is 38.3 Å². The fraction of sp³-hybridized carbons (Fsp3) is 0.417. The maximum Gasteiger partial charge on any atom is 0.318 e. The molecule has 3 aromatic rings. The van der Waals surface area contributed by atoms with Crippen LogP contribution >= 0.6 is 11.6 Å². The van der Waals surface area contributed by atoms with Crippen LogP contribution in [0.2, 0.25) is 5.02 Å². The zero-order chi connectivity index (χ0) is 23.5. The highest BCUT2D eigenvalue weighted by Gasteiger charge is 2.27. The highest BCUT2D eigenvalue weighted by Crippen LogP contribution is 2.27. The van der Waals surface area contributed by atoms with Gasteiger partial charge >= 0.3 is 6.03 Å². The lowest BCUT2D eigenvalue weighted by atomic mass is 9.96. The summed E-state index contributed by atoms with van der Waals surface area (Å²) < 4.78 is 25.0. The number of ether oxygens (including phenoxy) is 1. The van der Waals surface area contributed by atoms with Gasteiger partial charge in [0.1, 0.15) is 17.7 Å². The predicted molar refractivity (Wildman–Crippen MR) is 122 cm³/mol. The molecule has 0 saturated carbocycles. The number of nitrogens with zero attached hydrogens (tertiary/aromatic N) is 4. The number of hydrogen-bond acceptors (Lipinski definition) is 6. The van der Waals surface area contributed by atoms with E-state index in [-0.39, 0.29) is 11.1 Å². The molecule has 1 unspecified atom stereocenters. The average Bonchev–Trinajstić information content (AvgIpc) is 3.39. The molecule has 34 heavy (non-hydrogen) atoms. The van der Waals surface area contributed by atoms with Crippen molar-refractivity contribution in [1.29, 1.82) is 0 Å². The molecule has 10 heteroatoms. The van der Waals surface area contributed by atoms with Crippen LogP contribution in [-0.4, -0.2) is 45.6 Å². The molecule has 178 valence electrons. The number of benzene rings is 1. The van der Waals surface area contributed by atoms with E-state index >= 15 is 0 Å². The van der Waals surface area contributed by atoms with Crippen LogP contribution in [0.15, 0.2) is 41.4 Å². The van der Waals surface area contributed by atoms with Crippen LogP contribution in [0.25, 0.3) is 0 Å². The van der Waals surface area contributed by atoms with Gasteiger partial charge in [0.15, 0.2) is 12.2 Å². The van der Waals surface area contributed by atoms with Crippen LogP contribution in [0.3, 0.4) is 0 Å². The Hall–Kier alpha value is -3.04. The molecule has 2 aromatic heterocycles. The Balaban J connectivity index is 1.30. The molecule has 1 saturated heterocycles. The fourth-order valence-corrected chi connectivity index (χ4v) is 4.54. The molecule has 1 fully saturated rings. The molecule has 0 radical (unpaired) electrons. The van der Waals surface area contributed by atoms with Gasteiger partial charge in [-0.1, -0.05) is 17.7 Å². The smallest absolute Gasteiger partial charge is 0.318 e. The minimum absolute atomic E-state index is 0.00951. The molecule has 2 aliphatic heterocycles. The van der Waals surface area contributed by atoms with Crippen molar-refractivity contribution in [1.82, 2.24) is 25.2 Å². The van der Waals surface area contributed by atoms with E-state index in [0.29, 0.717) is 36.8 Å². The quantitative estimate of drug-likeness (QED) is 0.585. The summed E-state index contributed by atoms with van der Waals surface area (Å²) in [5, 5.41) is 2.96. The molecule has 8 nitrogen and oxygen atoms in total. The highest BCUT2D eigenvalue weighted by atomic mass is 35.5. The summed E-state index contributed by atoms with van der Waals surface area (Å²) >= 11 is 5.84. The van der Waals surface area contributed by atoms with Crippen molar-refractivity contribution >= 4 is 17.6 Å². The van der Waals surface area contributed by atoms with Crippen molar-refractivity contribution in [3.05, 3.63) is 76.2 Å². The van der Waals surface area contributed by atoms with E-state index in [9.17, 15) is 9.18 Å². The Labute approximate surface area is 201 Å². The summed E-state index contributed by atoms with van der Waals surface area (Å²) in [7, 11) is 0. The van der Waals surface area contributed by atoms with Crippen molar-refractivity contribution in [2.24, 2.45) is 5.92 Å². The maximum atomic E-state index is 14.1. The van der Waals surface area contributed by atoms with Gasteiger partial charge in [0, 0.05) is 32.4 Å². The second-order valence-electron chi connectivity index (χ2n) is 8.65. The molecule has 4 heterocycles. The molecule has 0 spiro atoms. The molecule has 1 aromatic carbocycles. The van der Waals surface area contributed by atoms with Crippen molar-refractivity contribution in [3.8, 4) is 0 Å². The molecular weight excluding hydrogens is 461 g/mol. The standard InChI is InChI=1S/C24H25ClFN5O3/c25-18-2-1-16(10-19(18)26)23(21-12-27-14-34-21)30-24(32)31-6-3-17-11-28-22(29-20(17)13-31)9-15-4-7-33-8-5-15/h1-2,10-12,14-15,23H,3-9,13H2,(H,30,32). The largest absolute Gasteiger partial charge is 0.446 e. The Kier molecular flexibility index (Phi) is 6.73. The lowest BCUT2D eigenvalue weighted by Crippen LogP contribution is -2.44. The molecule has 2 aliphatic rings. The number of carbonyl (C=O) groups excluding carboxylic acids is 1. The summed E-state index contributed by atoms with van der Waals surface area (Å²) in [4.78, 5) is 28.2. The number of fused-ring (bicyclic) bond motifs is 1. The Morgan fingerprint density at radius 2 is 2.15 bits per heavy atom. The van der Waals surface area contributed by atoms with Gasteiger partial charge < -0.3 is 19.4 Å². The molecule has 1 atom stereocenters. The van der Waals surface area contributed by atoms with Crippen LogP contribution in [-0.2, 0) is 24.1 Å². The van der Waals surface area contributed by atoms with Crippen LogP contribution < -0.4 is 5.32 Å². The van der Waals surface area contributed by atoms with Crippen LogP contribution in [0, 0.1) is 11.7 Å². The predicted octanol–water partition coefficient (Wildman–Crippen LogP) is 4.08. The van der Waals surface area contributed by atoms with E-state index < -0.39 is 11.9 Å². The van der Waals surface area contributed by atoms with Gasteiger partial charge in [-0.15, -0.1) is 0 Å². The van der Waals surface area contributed by atoms with E-state index in [1.54, 1.807) is 11.0 Å². The van der Waals surface area contributed by atoms with Gasteiger partial charge in [-0.25, -0.2) is 24.1 Å². The van der Waals surface area contributed by atoms with Gasteiger partial charge in [-0.05, 0) is 48.4 Å². The Morgan fingerprint density at radius 3 is 2.91 bits per heavy atom. The van der Waals surface area contributed by atoms with E-state index in [0.717, 1.165) is 49.6 Å². The molecule has 0 aliphatic carbocycles. The first-order chi connectivity index (χ1) is 16.6. The lowest BCUT2D eigenvalue weighted by molar-refractivity contribution is 0.0659. The zero-order valence-corrected chi connectivity index (χ0v) is 19.3. The summed E-state index contributed by atoms with van der Waals surface area (Å²) in [6, 6.07) is 3.39. The normalized spacial score (nSPS) is 17.3. The second kappa shape index (κ2) is 10.1. The number of rotatable bonds is 5. The fourth-order valence-electron chi connectivity index (χ4n) is 4.42. The molecule has 1 N–H and O–H groups in total. The number of amides is 2. The minimum Gasteiger partial charge on any atom is -0.446 e. The summed E-state index contributed by atoms with van der Waals surface area (Å²) in [6.07, 6.45) is 8.18. The number of oxazole rings is 1. The highest BCUT2D eigenvalue weighted by molar-refractivity contribution is 6.30. The molecular formula is C24H25ClFN5O3. The first kappa shape index (κ1) is 22.7. The first-order valence-electron chi connectivity index (χ1n) is 11.4. The van der Waals surface area contributed by atoms with Crippen LogP contribution in [0.1, 0.15) is 47.3 Å². The first-order valence-corrected chi connectivity index (χ1v) is 11.7. The van der Waals surface area contributed by atoms with Crippen molar-refractivity contribution in [2.75, 3.05) is 19.8 Å². The van der Waals surface area contributed by atoms with Crippen molar-refractivity contribution in [3.63, 3.8) is 0 Å². The monoisotopic (exact) mass is 485 g/mol. The Bertz CT molecular complexity index is 1150. The number of urea groups is 1.